The van der Waals surface area contributed by atoms with E-state index in [0.29, 0.717) is 24.6 Å². The number of nitrogens with one attached hydrogen (secondary N) is 1. The van der Waals surface area contributed by atoms with Crippen molar-refractivity contribution in [3.63, 3.8) is 0 Å². The molecule has 1 aromatic heterocycles. The molecule has 0 spiro atoms. The number of aromatic nitrogens is 1. The van der Waals surface area contributed by atoms with Gasteiger partial charge in [0, 0.05) is 25.5 Å². The topological polar surface area (TPSA) is 63.5 Å². The number of aryl methyl sites for hydroxylation is 1. The lowest BCUT2D eigenvalue weighted by Crippen LogP contribution is -2.30. The molecule has 2 rings (SSSR count). The Bertz CT molecular complexity index is 647. The zero-order valence-electron chi connectivity index (χ0n) is 14.5. The number of ether oxygens (including phenoxy) is 1. The molecule has 1 atom stereocenters. The number of carbonyl (C=O) groups is 1. The van der Waals surface area contributed by atoms with Gasteiger partial charge in [0.15, 0.2) is 6.61 Å². The Morgan fingerprint density at radius 3 is 2.54 bits per heavy atom. The Morgan fingerprint density at radius 1 is 1.25 bits per heavy atom. The van der Waals surface area contributed by atoms with Crippen molar-refractivity contribution in [2.45, 2.75) is 32.3 Å². The SMILES string of the molecule is CC(C)c1ccc(OCC(=O)NCCC(O)c2cccn2C)cc1. The molecule has 1 heterocycles. The van der Waals surface area contributed by atoms with Gasteiger partial charge in [0.1, 0.15) is 5.75 Å². The van der Waals surface area contributed by atoms with Gasteiger partial charge in [-0.2, -0.15) is 0 Å². The number of aliphatic hydroxyl groups is 1. The maximum Gasteiger partial charge on any atom is 0.257 e. The first kappa shape index (κ1) is 18.1. The highest BCUT2D eigenvalue weighted by molar-refractivity contribution is 5.77. The van der Waals surface area contributed by atoms with Crippen LogP contribution >= 0.6 is 0 Å². The van der Waals surface area contributed by atoms with Crippen LogP contribution in [-0.4, -0.2) is 28.7 Å². The zero-order valence-corrected chi connectivity index (χ0v) is 14.5. The quantitative estimate of drug-likeness (QED) is 0.782. The van der Waals surface area contributed by atoms with Gasteiger partial charge in [0.05, 0.1) is 6.10 Å². The number of nitrogens with zero attached hydrogens (tertiary/aromatic N) is 1. The van der Waals surface area contributed by atoms with Crippen molar-refractivity contribution in [1.82, 2.24) is 9.88 Å². The van der Waals surface area contributed by atoms with Crippen LogP contribution in [0.4, 0.5) is 0 Å². The van der Waals surface area contributed by atoms with Crippen molar-refractivity contribution in [2.24, 2.45) is 7.05 Å². The van der Waals surface area contributed by atoms with E-state index in [4.69, 9.17) is 4.74 Å². The van der Waals surface area contributed by atoms with E-state index in [1.807, 2.05) is 54.2 Å². The molecule has 130 valence electrons. The van der Waals surface area contributed by atoms with Gasteiger partial charge in [-0.3, -0.25) is 4.79 Å². The van der Waals surface area contributed by atoms with Gasteiger partial charge in [-0.1, -0.05) is 26.0 Å². The summed E-state index contributed by atoms with van der Waals surface area (Å²) in [6.07, 6.45) is 1.76. The molecule has 0 aliphatic carbocycles. The third-order valence-corrected chi connectivity index (χ3v) is 3.98. The molecule has 0 aliphatic rings. The van der Waals surface area contributed by atoms with E-state index in [1.165, 1.54) is 5.56 Å². The van der Waals surface area contributed by atoms with Crippen molar-refractivity contribution in [2.75, 3.05) is 13.2 Å². The summed E-state index contributed by atoms with van der Waals surface area (Å²) in [7, 11) is 1.88. The van der Waals surface area contributed by atoms with Gasteiger partial charge in [-0.15, -0.1) is 0 Å². The van der Waals surface area contributed by atoms with Crippen molar-refractivity contribution in [1.29, 1.82) is 0 Å². The number of benzene rings is 1. The summed E-state index contributed by atoms with van der Waals surface area (Å²) in [5, 5.41) is 12.8. The minimum absolute atomic E-state index is 0.0265. The van der Waals surface area contributed by atoms with Crippen LogP contribution in [0.1, 0.15) is 43.5 Å². The zero-order chi connectivity index (χ0) is 17.5. The molecule has 0 radical (unpaired) electrons. The normalized spacial score (nSPS) is 12.2. The molecular formula is C19H26N2O3. The van der Waals surface area contributed by atoms with Crippen LogP contribution in [0.2, 0.25) is 0 Å². The van der Waals surface area contributed by atoms with Crippen LogP contribution in [0, 0.1) is 0 Å². The first-order valence-electron chi connectivity index (χ1n) is 8.26. The van der Waals surface area contributed by atoms with E-state index >= 15 is 0 Å². The molecule has 1 amide bonds. The minimum atomic E-state index is -0.588. The van der Waals surface area contributed by atoms with E-state index < -0.39 is 6.10 Å². The molecule has 2 N–H and O–H groups in total. The van der Waals surface area contributed by atoms with Crippen LogP contribution in [0.5, 0.6) is 5.75 Å². The van der Waals surface area contributed by atoms with Crippen molar-refractivity contribution >= 4 is 5.91 Å². The van der Waals surface area contributed by atoms with E-state index in [2.05, 4.69) is 19.2 Å². The molecule has 0 saturated heterocycles. The predicted octanol–water partition coefficient (Wildman–Crippen LogP) is 2.77. The highest BCUT2D eigenvalue weighted by Crippen LogP contribution is 2.18. The second-order valence-electron chi connectivity index (χ2n) is 6.21. The molecule has 24 heavy (non-hydrogen) atoms. The van der Waals surface area contributed by atoms with E-state index in [9.17, 15) is 9.90 Å². The van der Waals surface area contributed by atoms with Crippen molar-refractivity contribution in [3.05, 3.63) is 53.9 Å². The monoisotopic (exact) mass is 330 g/mol. The molecule has 5 nitrogen and oxygen atoms in total. The number of amides is 1. The molecule has 2 aromatic rings. The van der Waals surface area contributed by atoms with Gasteiger partial charge < -0.3 is 19.7 Å². The number of carbonyl (C=O) groups excluding carboxylic acids is 1. The molecule has 5 heteroatoms. The van der Waals surface area contributed by atoms with Crippen LogP contribution in [0.15, 0.2) is 42.6 Å². The summed E-state index contributed by atoms with van der Waals surface area (Å²) < 4.78 is 7.34. The van der Waals surface area contributed by atoms with Gasteiger partial charge in [-0.25, -0.2) is 0 Å². The minimum Gasteiger partial charge on any atom is -0.484 e. The number of aliphatic hydroxyl groups excluding tert-OH is 1. The first-order chi connectivity index (χ1) is 11.5. The summed E-state index contributed by atoms with van der Waals surface area (Å²) in [5.74, 6) is 0.957. The van der Waals surface area contributed by atoms with E-state index in [1.54, 1.807) is 0 Å². The molecule has 0 saturated carbocycles. The van der Waals surface area contributed by atoms with E-state index in [-0.39, 0.29) is 12.5 Å². The Hall–Kier alpha value is -2.27. The van der Waals surface area contributed by atoms with Crippen LogP contribution in [0.3, 0.4) is 0 Å². The summed E-state index contributed by atoms with van der Waals surface area (Å²) in [4.78, 5) is 11.8. The average Bonchev–Trinajstić information content (AvgIpc) is 2.99. The second kappa shape index (κ2) is 8.55. The van der Waals surface area contributed by atoms with Gasteiger partial charge in [0.2, 0.25) is 0 Å². The maximum absolute atomic E-state index is 11.8. The average molecular weight is 330 g/mol. The Labute approximate surface area is 143 Å². The summed E-state index contributed by atoms with van der Waals surface area (Å²) in [5.41, 5.74) is 2.08. The molecule has 1 aromatic carbocycles. The molecule has 0 fully saturated rings. The lowest BCUT2D eigenvalue weighted by molar-refractivity contribution is -0.123. The van der Waals surface area contributed by atoms with E-state index in [0.717, 1.165) is 5.69 Å². The standard InChI is InChI=1S/C19H26N2O3/c1-14(2)15-6-8-16(9-7-15)24-13-19(23)20-11-10-18(22)17-5-4-12-21(17)3/h4-9,12,14,18,22H,10-11,13H2,1-3H3,(H,20,23). The molecular weight excluding hydrogens is 304 g/mol. The van der Waals surface area contributed by atoms with Crippen LogP contribution in [-0.2, 0) is 11.8 Å². The lowest BCUT2D eigenvalue weighted by Gasteiger charge is -2.13. The van der Waals surface area contributed by atoms with Crippen LogP contribution in [0.25, 0.3) is 0 Å². The van der Waals surface area contributed by atoms with Crippen molar-refractivity contribution < 1.29 is 14.6 Å². The first-order valence-corrected chi connectivity index (χ1v) is 8.26. The van der Waals surface area contributed by atoms with Crippen LogP contribution < -0.4 is 10.1 Å². The fourth-order valence-corrected chi connectivity index (χ4v) is 2.47. The second-order valence-corrected chi connectivity index (χ2v) is 6.21. The number of hydrogen-bond acceptors (Lipinski definition) is 3. The fraction of sp³-hybridized carbons (Fsp3) is 0.421. The summed E-state index contributed by atoms with van der Waals surface area (Å²) in [6, 6.07) is 11.5. The predicted molar refractivity (Wildman–Crippen MR) is 94.0 cm³/mol. The van der Waals surface area contributed by atoms with Gasteiger partial charge in [-0.05, 0) is 42.2 Å². The highest BCUT2D eigenvalue weighted by Gasteiger charge is 2.11. The molecule has 1 unspecified atom stereocenters. The Kier molecular flexibility index (Phi) is 6.44. The highest BCUT2D eigenvalue weighted by atomic mass is 16.5. The third kappa shape index (κ3) is 5.13. The van der Waals surface area contributed by atoms with Gasteiger partial charge >= 0.3 is 0 Å². The number of rotatable bonds is 8. The molecule has 0 aliphatic heterocycles. The number of hydrogen-bond donors (Lipinski definition) is 2. The lowest BCUT2D eigenvalue weighted by atomic mass is 10.0. The molecule has 0 bridgehead atoms. The Morgan fingerprint density at radius 2 is 1.96 bits per heavy atom. The summed E-state index contributed by atoms with van der Waals surface area (Å²) in [6.45, 7) is 4.64. The van der Waals surface area contributed by atoms with Gasteiger partial charge in [0.25, 0.3) is 5.91 Å². The third-order valence-electron chi connectivity index (χ3n) is 3.98. The smallest absolute Gasteiger partial charge is 0.257 e. The largest absolute Gasteiger partial charge is 0.484 e. The Balaban J connectivity index is 1.69. The fourth-order valence-electron chi connectivity index (χ4n) is 2.47. The maximum atomic E-state index is 11.8. The van der Waals surface area contributed by atoms with Crippen molar-refractivity contribution in [3.8, 4) is 5.75 Å². The summed E-state index contributed by atoms with van der Waals surface area (Å²) >= 11 is 0.